The third-order valence-electron chi connectivity index (χ3n) is 3.46. The lowest BCUT2D eigenvalue weighted by Crippen LogP contribution is -2.36. The number of benzene rings is 1. The predicted molar refractivity (Wildman–Crippen MR) is 85.0 cm³/mol. The molecule has 2 aromatic rings. The second-order valence-corrected chi connectivity index (χ2v) is 6.21. The van der Waals surface area contributed by atoms with E-state index in [-0.39, 0.29) is 17.8 Å². The van der Waals surface area contributed by atoms with Gasteiger partial charge in [-0.05, 0) is 30.4 Å². The second-order valence-electron chi connectivity index (χ2n) is 5.18. The Bertz CT molecular complexity index is 683. The van der Waals surface area contributed by atoms with Gasteiger partial charge in [-0.2, -0.15) is 0 Å². The number of rotatable bonds is 5. The first-order valence-electron chi connectivity index (χ1n) is 6.98. The maximum absolute atomic E-state index is 12.5. The fourth-order valence-corrected chi connectivity index (χ4v) is 2.92. The van der Waals surface area contributed by atoms with Gasteiger partial charge >= 0.3 is 6.03 Å². The van der Waals surface area contributed by atoms with Gasteiger partial charge in [-0.1, -0.05) is 12.1 Å². The van der Waals surface area contributed by atoms with Crippen molar-refractivity contribution in [2.75, 3.05) is 5.32 Å². The number of non-ortho nitro benzene ring substituents is 1. The van der Waals surface area contributed by atoms with Crippen LogP contribution >= 0.6 is 11.3 Å². The molecule has 1 aromatic heterocycles. The van der Waals surface area contributed by atoms with Gasteiger partial charge in [0.2, 0.25) is 0 Å². The molecule has 1 saturated carbocycles. The van der Waals surface area contributed by atoms with Gasteiger partial charge in [0.1, 0.15) is 0 Å². The lowest BCUT2D eigenvalue weighted by molar-refractivity contribution is -0.384. The lowest BCUT2D eigenvalue weighted by Gasteiger charge is -2.22. The fourth-order valence-electron chi connectivity index (χ4n) is 2.22. The standard InChI is InChI=1S/C15H15N3O3S/c19-15(16-11-3-1-4-13(9-11)18(20)21)17(12-6-7-12)10-14-5-2-8-22-14/h1-5,8-9,12H,6-7,10H2,(H,16,19). The van der Waals surface area contributed by atoms with Crippen molar-refractivity contribution >= 4 is 28.7 Å². The Hall–Kier alpha value is -2.41. The van der Waals surface area contributed by atoms with E-state index >= 15 is 0 Å². The van der Waals surface area contributed by atoms with Crippen LogP contribution in [0.4, 0.5) is 16.2 Å². The van der Waals surface area contributed by atoms with Gasteiger partial charge in [0, 0.05) is 28.7 Å². The van der Waals surface area contributed by atoms with E-state index in [4.69, 9.17) is 0 Å². The van der Waals surface area contributed by atoms with Crippen molar-refractivity contribution in [3.05, 3.63) is 56.8 Å². The molecule has 0 atom stereocenters. The number of urea groups is 1. The monoisotopic (exact) mass is 317 g/mol. The average Bonchev–Trinajstić information content (AvgIpc) is 3.21. The van der Waals surface area contributed by atoms with Gasteiger partial charge in [0.05, 0.1) is 11.5 Å². The Kier molecular flexibility index (Phi) is 4.06. The van der Waals surface area contributed by atoms with E-state index in [1.807, 2.05) is 17.5 Å². The third-order valence-corrected chi connectivity index (χ3v) is 4.32. The highest BCUT2D eigenvalue weighted by Gasteiger charge is 2.32. The quantitative estimate of drug-likeness (QED) is 0.672. The van der Waals surface area contributed by atoms with Crippen LogP contribution in [0.5, 0.6) is 0 Å². The molecule has 1 heterocycles. The van der Waals surface area contributed by atoms with E-state index in [0.29, 0.717) is 12.2 Å². The summed E-state index contributed by atoms with van der Waals surface area (Å²) in [7, 11) is 0. The van der Waals surface area contributed by atoms with Crippen molar-refractivity contribution in [2.24, 2.45) is 0 Å². The number of nitro groups is 1. The summed E-state index contributed by atoms with van der Waals surface area (Å²) < 4.78 is 0. The highest BCUT2D eigenvalue weighted by Crippen LogP contribution is 2.30. The number of carbonyl (C=O) groups excluding carboxylic acids is 1. The highest BCUT2D eigenvalue weighted by atomic mass is 32.1. The molecular formula is C15H15N3O3S. The smallest absolute Gasteiger partial charge is 0.316 e. The van der Waals surface area contributed by atoms with Crippen molar-refractivity contribution in [1.82, 2.24) is 4.90 Å². The number of nitro benzene ring substituents is 1. The van der Waals surface area contributed by atoms with Gasteiger partial charge < -0.3 is 10.2 Å². The molecule has 22 heavy (non-hydrogen) atoms. The first-order valence-corrected chi connectivity index (χ1v) is 7.86. The highest BCUT2D eigenvalue weighted by molar-refractivity contribution is 7.09. The molecule has 6 nitrogen and oxygen atoms in total. The Morgan fingerprint density at radius 2 is 2.18 bits per heavy atom. The Morgan fingerprint density at radius 1 is 1.36 bits per heavy atom. The summed E-state index contributed by atoms with van der Waals surface area (Å²) in [5, 5.41) is 15.5. The first kappa shape index (κ1) is 14.5. The molecule has 0 radical (unpaired) electrons. The van der Waals surface area contributed by atoms with Crippen LogP contribution in [-0.2, 0) is 6.54 Å². The molecule has 1 N–H and O–H groups in total. The van der Waals surface area contributed by atoms with Gasteiger partial charge in [0.15, 0.2) is 0 Å². The van der Waals surface area contributed by atoms with Crippen molar-refractivity contribution in [3.8, 4) is 0 Å². The van der Waals surface area contributed by atoms with Crippen molar-refractivity contribution < 1.29 is 9.72 Å². The van der Waals surface area contributed by atoms with Crippen LogP contribution in [0.2, 0.25) is 0 Å². The van der Waals surface area contributed by atoms with Crippen molar-refractivity contribution in [2.45, 2.75) is 25.4 Å². The zero-order valence-electron chi connectivity index (χ0n) is 11.8. The number of hydrogen-bond acceptors (Lipinski definition) is 4. The van der Waals surface area contributed by atoms with Crippen LogP contribution in [0.25, 0.3) is 0 Å². The molecule has 7 heteroatoms. The number of carbonyl (C=O) groups is 1. The summed E-state index contributed by atoms with van der Waals surface area (Å²) >= 11 is 1.62. The maximum atomic E-state index is 12.5. The van der Waals surface area contributed by atoms with Gasteiger partial charge in [-0.15, -0.1) is 11.3 Å². The molecule has 0 spiro atoms. The molecule has 0 unspecified atom stereocenters. The molecule has 1 aromatic carbocycles. The van der Waals surface area contributed by atoms with Crippen LogP contribution in [-0.4, -0.2) is 21.9 Å². The second kappa shape index (κ2) is 6.15. The molecular weight excluding hydrogens is 302 g/mol. The molecule has 0 bridgehead atoms. The van der Waals surface area contributed by atoms with Gasteiger partial charge in [-0.25, -0.2) is 4.79 Å². The van der Waals surface area contributed by atoms with E-state index in [0.717, 1.165) is 17.7 Å². The SMILES string of the molecule is O=C(Nc1cccc([N+](=O)[O-])c1)N(Cc1cccs1)C1CC1. The van der Waals surface area contributed by atoms with Gasteiger partial charge in [0.25, 0.3) is 5.69 Å². The summed E-state index contributed by atoms with van der Waals surface area (Å²) in [6.45, 7) is 0.573. The average molecular weight is 317 g/mol. The molecule has 0 saturated heterocycles. The number of nitrogens with zero attached hydrogens (tertiary/aromatic N) is 2. The van der Waals surface area contributed by atoms with E-state index in [1.54, 1.807) is 28.4 Å². The van der Waals surface area contributed by atoms with Crippen LogP contribution in [0.3, 0.4) is 0 Å². The fraction of sp³-hybridized carbons (Fsp3) is 0.267. The van der Waals surface area contributed by atoms with Crippen LogP contribution in [0.1, 0.15) is 17.7 Å². The third kappa shape index (κ3) is 3.43. The number of nitrogens with one attached hydrogen (secondary N) is 1. The zero-order chi connectivity index (χ0) is 15.5. The predicted octanol–water partition coefficient (Wildman–Crippen LogP) is 3.85. The van der Waals surface area contributed by atoms with Gasteiger partial charge in [-0.3, -0.25) is 10.1 Å². The van der Waals surface area contributed by atoms with Crippen molar-refractivity contribution in [3.63, 3.8) is 0 Å². The number of anilines is 1. The minimum absolute atomic E-state index is 0.0333. The zero-order valence-corrected chi connectivity index (χ0v) is 12.6. The van der Waals surface area contributed by atoms with Crippen molar-refractivity contribution in [1.29, 1.82) is 0 Å². The lowest BCUT2D eigenvalue weighted by atomic mass is 10.3. The molecule has 114 valence electrons. The topological polar surface area (TPSA) is 75.5 Å². The largest absolute Gasteiger partial charge is 0.322 e. The summed E-state index contributed by atoms with van der Waals surface area (Å²) in [4.78, 5) is 25.7. The Morgan fingerprint density at radius 3 is 2.82 bits per heavy atom. The number of amides is 2. The minimum atomic E-state index is -0.472. The molecule has 0 aliphatic heterocycles. The van der Waals surface area contributed by atoms with E-state index in [1.165, 1.54) is 12.1 Å². The molecule has 1 aliphatic rings. The first-order chi connectivity index (χ1) is 10.6. The minimum Gasteiger partial charge on any atom is -0.316 e. The number of thiophene rings is 1. The van der Waals surface area contributed by atoms with Crippen LogP contribution in [0, 0.1) is 10.1 Å². The molecule has 1 aliphatic carbocycles. The van der Waals surface area contributed by atoms with E-state index in [9.17, 15) is 14.9 Å². The summed E-state index contributed by atoms with van der Waals surface area (Å²) in [6.07, 6.45) is 2.02. The summed E-state index contributed by atoms with van der Waals surface area (Å²) in [5.41, 5.74) is 0.407. The normalized spacial score (nSPS) is 13.6. The molecule has 1 fully saturated rings. The van der Waals surface area contributed by atoms with E-state index in [2.05, 4.69) is 5.32 Å². The maximum Gasteiger partial charge on any atom is 0.322 e. The molecule has 2 amide bonds. The van der Waals surface area contributed by atoms with Crippen LogP contribution < -0.4 is 5.32 Å². The Labute approximate surface area is 131 Å². The summed E-state index contributed by atoms with van der Waals surface area (Å²) in [6, 6.07) is 10.0. The Balaban J connectivity index is 1.71. The number of hydrogen-bond donors (Lipinski definition) is 1. The molecule has 3 rings (SSSR count). The van der Waals surface area contributed by atoms with Crippen LogP contribution in [0.15, 0.2) is 41.8 Å². The van der Waals surface area contributed by atoms with E-state index < -0.39 is 4.92 Å². The summed E-state index contributed by atoms with van der Waals surface area (Å²) in [5.74, 6) is 0.